The molecule has 15 heteroatoms. The van der Waals surface area contributed by atoms with E-state index >= 15 is 0 Å². The Kier molecular flexibility index (Phi) is 5.58. The second-order valence-corrected chi connectivity index (χ2v) is 5.30. The first-order valence-electron chi connectivity index (χ1n) is 7.25. The van der Waals surface area contributed by atoms with Crippen LogP contribution in [0, 0.1) is 30.3 Å². The first-order chi connectivity index (χ1) is 13.1. The molecular formula is C13H12N8O7. The molecule has 0 radical (unpaired) electrons. The molecule has 0 spiro atoms. The number of phenols is 1. The second kappa shape index (κ2) is 7.85. The summed E-state index contributed by atoms with van der Waals surface area (Å²) >= 11 is 0. The van der Waals surface area contributed by atoms with Gasteiger partial charge in [-0.05, 0) is 0 Å². The maximum absolute atomic E-state index is 10.4. The van der Waals surface area contributed by atoms with E-state index in [1.165, 1.54) is 6.33 Å². The Labute approximate surface area is 154 Å². The van der Waals surface area contributed by atoms with Crippen molar-refractivity contribution in [3.63, 3.8) is 0 Å². The summed E-state index contributed by atoms with van der Waals surface area (Å²) in [6, 6.07) is 0.894. The van der Waals surface area contributed by atoms with Crippen LogP contribution in [0.4, 0.5) is 22.9 Å². The topological polar surface area (TPSA) is 207 Å². The lowest BCUT2D eigenvalue weighted by Crippen LogP contribution is -2.11. The van der Waals surface area contributed by atoms with Crippen LogP contribution in [0.3, 0.4) is 0 Å². The number of rotatable bonds is 4. The van der Waals surface area contributed by atoms with E-state index in [9.17, 15) is 30.3 Å². The van der Waals surface area contributed by atoms with Crippen LogP contribution in [0.15, 0.2) is 24.8 Å². The van der Waals surface area contributed by atoms with Gasteiger partial charge in [-0.15, -0.1) is 0 Å². The number of nitro benzene ring substituents is 3. The summed E-state index contributed by atoms with van der Waals surface area (Å²) in [5.74, 6) is -0.349. The highest BCUT2D eigenvalue weighted by atomic mass is 16.6. The maximum Gasteiger partial charge on any atom is 0.324 e. The van der Waals surface area contributed by atoms with E-state index in [2.05, 4.69) is 19.9 Å². The molecule has 1 aromatic carbocycles. The fourth-order valence-electron chi connectivity index (χ4n) is 2.06. The predicted molar refractivity (Wildman–Crippen MR) is 94.1 cm³/mol. The second-order valence-electron chi connectivity index (χ2n) is 5.30. The van der Waals surface area contributed by atoms with Gasteiger partial charge < -0.3 is 15.0 Å². The molecule has 0 aliphatic heterocycles. The number of aromatic hydroxyl groups is 1. The molecule has 146 valence electrons. The molecule has 2 aromatic heterocycles. The fourth-order valence-corrected chi connectivity index (χ4v) is 2.06. The minimum absolute atomic E-state index is 0.447. The summed E-state index contributed by atoms with van der Waals surface area (Å²) in [6.45, 7) is 0. The third kappa shape index (κ3) is 4.03. The molecule has 0 atom stereocenters. The van der Waals surface area contributed by atoms with E-state index in [1.54, 1.807) is 6.33 Å². The summed E-state index contributed by atoms with van der Waals surface area (Å²) in [5.41, 5.74) is -1.42. The van der Waals surface area contributed by atoms with Crippen LogP contribution in [-0.2, 0) is 0 Å². The first-order valence-corrected chi connectivity index (χ1v) is 7.25. The predicted octanol–water partition coefficient (Wildman–Crippen LogP) is 1.54. The van der Waals surface area contributed by atoms with E-state index in [-0.39, 0.29) is 0 Å². The van der Waals surface area contributed by atoms with Gasteiger partial charge in [0, 0.05) is 14.1 Å². The average molecular weight is 392 g/mol. The number of phenolic OH excluding ortho intramolecular Hbond substituents is 1. The zero-order chi connectivity index (χ0) is 21.0. The van der Waals surface area contributed by atoms with Crippen molar-refractivity contribution in [3.8, 4) is 5.75 Å². The van der Waals surface area contributed by atoms with Gasteiger partial charge in [-0.3, -0.25) is 30.3 Å². The van der Waals surface area contributed by atoms with Crippen LogP contribution in [0.25, 0.3) is 11.2 Å². The minimum Gasteiger partial charge on any atom is -0.497 e. The van der Waals surface area contributed by atoms with Gasteiger partial charge in [0.2, 0.25) is 0 Å². The number of nitrogens with one attached hydrogen (secondary N) is 1. The van der Waals surface area contributed by atoms with E-state index in [4.69, 9.17) is 5.11 Å². The van der Waals surface area contributed by atoms with Gasteiger partial charge >= 0.3 is 11.4 Å². The number of imidazole rings is 1. The Hall–Kier alpha value is -4.43. The van der Waals surface area contributed by atoms with Crippen LogP contribution in [-0.4, -0.2) is 53.9 Å². The normalized spacial score (nSPS) is 10.1. The lowest BCUT2D eigenvalue weighted by molar-refractivity contribution is -0.404. The quantitative estimate of drug-likeness (QED) is 0.480. The van der Waals surface area contributed by atoms with Crippen molar-refractivity contribution in [2.75, 3.05) is 19.0 Å². The van der Waals surface area contributed by atoms with Crippen molar-refractivity contribution >= 4 is 34.0 Å². The number of fused-ring (bicyclic) bond motifs is 1. The molecular weight excluding hydrogens is 380 g/mol. The number of nitro groups is 3. The zero-order valence-electron chi connectivity index (χ0n) is 14.3. The van der Waals surface area contributed by atoms with Gasteiger partial charge in [-0.25, -0.2) is 15.0 Å². The summed E-state index contributed by atoms with van der Waals surface area (Å²) in [5, 5.41) is 40.2. The Morgan fingerprint density at radius 3 is 2.00 bits per heavy atom. The van der Waals surface area contributed by atoms with Crippen molar-refractivity contribution in [1.82, 2.24) is 19.9 Å². The third-order valence-electron chi connectivity index (χ3n) is 3.29. The molecule has 0 bridgehead atoms. The van der Waals surface area contributed by atoms with E-state index in [0.717, 1.165) is 11.3 Å². The molecule has 0 saturated carbocycles. The molecule has 28 heavy (non-hydrogen) atoms. The number of aromatic amines is 1. The van der Waals surface area contributed by atoms with E-state index in [1.807, 2.05) is 19.0 Å². The Bertz CT molecular complexity index is 1030. The Morgan fingerprint density at radius 1 is 0.964 bits per heavy atom. The average Bonchev–Trinajstić information content (AvgIpc) is 3.10. The van der Waals surface area contributed by atoms with Crippen LogP contribution in [0.2, 0.25) is 0 Å². The van der Waals surface area contributed by atoms with Gasteiger partial charge in [0.05, 0.1) is 33.2 Å². The molecule has 15 nitrogen and oxygen atoms in total. The molecule has 2 N–H and O–H groups in total. The number of non-ortho nitro benzene ring substituents is 1. The van der Waals surface area contributed by atoms with Crippen molar-refractivity contribution in [1.29, 1.82) is 0 Å². The van der Waals surface area contributed by atoms with Crippen molar-refractivity contribution in [2.45, 2.75) is 0 Å². The van der Waals surface area contributed by atoms with Crippen molar-refractivity contribution < 1.29 is 19.9 Å². The van der Waals surface area contributed by atoms with Crippen molar-refractivity contribution in [2.24, 2.45) is 0 Å². The lowest BCUT2D eigenvalue weighted by Gasteiger charge is -2.10. The monoisotopic (exact) mass is 392 g/mol. The van der Waals surface area contributed by atoms with Crippen LogP contribution in [0.5, 0.6) is 5.75 Å². The van der Waals surface area contributed by atoms with E-state index in [0.29, 0.717) is 17.8 Å². The largest absolute Gasteiger partial charge is 0.497 e. The number of benzene rings is 1. The summed E-state index contributed by atoms with van der Waals surface area (Å²) in [7, 11) is 3.87. The minimum atomic E-state index is -1.21. The highest BCUT2D eigenvalue weighted by Crippen LogP contribution is 2.38. The fraction of sp³-hybridized carbons (Fsp3) is 0.154. The molecule has 2 heterocycles. The van der Waals surface area contributed by atoms with Gasteiger partial charge in [-0.2, -0.15) is 0 Å². The molecule has 0 unspecified atom stereocenters. The van der Waals surface area contributed by atoms with Crippen LogP contribution < -0.4 is 4.90 Å². The number of anilines is 1. The first kappa shape index (κ1) is 19.9. The van der Waals surface area contributed by atoms with Gasteiger partial charge in [0.15, 0.2) is 11.5 Å². The lowest BCUT2D eigenvalue weighted by atomic mass is 10.2. The highest BCUT2D eigenvalue weighted by molar-refractivity contribution is 5.82. The van der Waals surface area contributed by atoms with Crippen LogP contribution >= 0.6 is 0 Å². The third-order valence-corrected chi connectivity index (χ3v) is 3.29. The summed E-state index contributed by atoms with van der Waals surface area (Å²) in [4.78, 5) is 44.8. The van der Waals surface area contributed by atoms with E-state index < -0.39 is 37.6 Å². The Balaban J connectivity index is 0.000000207. The highest BCUT2D eigenvalue weighted by Gasteiger charge is 2.30. The standard InChI is InChI=1S/C7H9N5.C6H3N3O7/c1-12(2)7-5-6(9-3-8-5)10-4-11-7;10-6-4(8(13)14)1-3(7(11)12)2-5(6)9(15)16/h3-4H,1-2H3,(H,8,9,10,11);1-2,10H. The summed E-state index contributed by atoms with van der Waals surface area (Å²) in [6.07, 6.45) is 3.13. The molecule has 0 amide bonds. The van der Waals surface area contributed by atoms with Crippen molar-refractivity contribution in [3.05, 3.63) is 55.1 Å². The number of H-pyrrole nitrogens is 1. The number of hydrogen-bond donors (Lipinski definition) is 2. The number of hydrogen-bond acceptors (Lipinski definition) is 11. The molecule has 0 aliphatic carbocycles. The molecule has 0 aliphatic rings. The zero-order valence-corrected chi connectivity index (χ0v) is 14.3. The van der Waals surface area contributed by atoms with Gasteiger partial charge in [0.1, 0.15) is 11.8 Å². The molecule has 0 fully saturated rings. The molecule has 0 saturated heterocycles. The maximum atomic E-state index is 10.4. The number of aromatic nitrogens is 4. The van der Waals surface area contributed by atoms with Crippen LogP contribution in [0.1, 0.15) is 0 Å². The number of nitrogens with zero attached hydrogens (tertiary/aromatic N) is 7. The molecule has 3 rings (SSSR count). The SMILES string of the molecule is CN(C)c1ncnc2nc[nH]c12.O=[N+]([O-])c1cc([N+](=O)[O-])c(O)c([N+](=O)[O-])c1. The molecule has 3 aromatic rings. The Morgan fingerprint density at radius 2 is 1.54 bits per heavy atom. The summed E-state index contributed by atoms with van der Waals surface area (Å²) < 4.78 is 0. The van der Waals surface area contributed by atoms with Gasteiger partial charge in [0.25, 0.3) is 11.4 Å². The smallest absolute Gasteiger partial charge is 0.324 e. The van der Waals surface area contributed by atoms with Gasteiger partial charge in [-0.1, -0.05) is 0 Å².